The number of pyridine rings is 1. The van der Waals surface area contributed by atoms with Gasteiger partial charge in [0.2, 0.25) is 0 Å². The van der Waals surface area contributed by atoms with Crippen LogP contribution in [0.4, 0.5) is 29.3 Å². The van der Waals surface area contributed by atoms with Gasteiger partial charge in [-0.25, -0.2) is 4.79 Å². The van der Waals surface area contributed by atoms with Crippen molar-refractivity contribution in [3.05, 3.63) is 93.2 Å². The quantitative estimate of drug-likeness (QED) is 0.294. The molecule has 4 rings (SSSR count). The highest BCUT2D eigenvalue weighted by Crippen LogP contribution is 2.38. The number of aromatic nitrogens is 1. The van der Waals surface area contributed by atoms with Crippen LogP contribution in [0.1, 0.15) is 30.9 Å². The molecule has 0 fully saturated rings. The van der Waals surface area contributed by atoms with Gasteiger partial charge in [0.15, 0.2) is 0 Å². The van der Waals surface area contributed by atoms with E-state index >= 15 is 0 Å². The summed E-state index contributed by atoms with van der Waals surface area (Å²) in [7, 11) is 1.59. The van der Waals surface area contributed by atoms with Crippen molar-refractivity contribution in [3.63, 3.8) is 0 Å². The molecule has 0 saturated heterocycles. The summed E-state index contributed by atoms with van der Waals surface area (Å²) >= 11 is 6.51. The van der Waals surface area contributed by atoms with Crippen molar-refractivity contribution < 1.29 is 18.0 Å². The molecule has 0 spiro atoms. The van der Waals surface area contributed by atoms with Crippen LogP contribution in [0.25, 0.3) is 22.0 Å². The average Bonchev–Trinajstić information content (AvgIpc) is 2.82. The van der Waals surface area contributed by atoms with Gasteiger partial charge >= 0.3 is 12.2 Å². The second-order valence-corrected chi connectivity index (χ2v) is 9.09. The van der Waals surface area contributed by atoms with E-state index in [0.29, 0.717) is 27.1 Å². The molecule has 4 aromatic rings. The highest BCUT2D eigenvalue weighted by atomic mass is 35.5. The summed E-state index contributed by atoms with van der Waals surface area (Å²) in [4.78, 5) is 26.3. The minimum Gasteiger partial charge on any atom is -0.310 e. The molecular formula is C27H23ClF3N3O2. The minimum absolute atomic E-state index is 0.0384. The number of anilines is 2. The zero-order valence-electron chi connectivity index (χ0n) is 19.7. The first-order chi connectivity index (χ1) is 17.0. The molecule has 9 heteroatoms. The van der Waals surface area contributed by atoms with E-state index in [4.69, 9.17) is 11.6 Å². The lowest BCUT2D eigenvalue weighted by molar-refractivity contribution is -0.137. The van der Waals surface area contributed by atoms with Crippen molar-refractivity contribution in [2.24, 2.45) is 7.05 Å². The van der Waals surface area contributed by atoms with Crippen molar-refractivity contribution in [2.75, 3.05) is 10.6 Å². The number of halogens is 4. The van der Waals surface area contributed by atoms with E-state index in [1.807, 2.05) is 32.0 Å². The summed E-state index contributed by atoms with van der Waals surface area (Å²) in [5.41, 5.74) is 1.13. The van der Waals surface area contributed by atoms with Crippen molar-refractivity contribution in [1.82, 2.24) is 4.57 Å². The van der Waals surface area contributed by atoms with Crippen molar-refractivity contribution in [3.8, 4) is 11.1 Å². The summed E-state index contributed by atoms with van der Waals surface area (Å²) in [6.07, 6.45) is -4.56. The molecular weight excluding hydrogens is 491 g/mol. The molecule has 0 atom stereocenters. The van der Waals surface area contributed by atoms with Gasteiger partial charge in [-0.05, 0) is 47.9 Å². The van der Waals surface area contributed by atoms with Crippen LogP contribution in [0.3, 0.4) is 0 Å². The number of carbonyl (C=O) groups excluding carboxylic acids is 1. The maximum atomic E-state index is 13.4. The molecule has 5 nitrogen and oxygen atoms in total. The van der Waals surface area contributed by atoms with E-state index < -0.39 is 23.3 Å². The number of alkyl halides is 3. The first-order valence-electron chi connectivity index (χ1n) is 11.1. The number of fused-ring (bicyclic) bond motifs is 1. The standard InChI is InChI=1S/C27H23ClF3N3O2/c1-15(2)16-11-12-22-20(13-16)23(19-9-4-5-10-21(19)28)24(25(35)34(22)3)33-26(36)32-18-8-6-7-17(14-18)27(29,30)31/h4-15H,1-3H3,(H2,32,33,36). The molecule has 186 valence electrons. The van der Waals surface area contributed by atoms with E-state index in [2.05, 4.69) is 10.6 Å². The molecule has 2 amide bonds. The molecule has 0 aliphatic carbocycles. The van der Waals surface area contributed by atoms with E-state index in [9.17, 15) is 22.8 Å². The molecule has 0 saturated carbocycles. The monoisotopic (exact) mass is 513 g/mol. The third-order valence-electron chi connectivity index (χ3n) is 5.92. The number of rotatable bonds is 4. The molecule has 2 N–H and O–H groups in total. The predicted octanol–water partition coefficient (Wildman–Crippen LogP) is 7.65. The Kier molecular flexibility index (Phi) is 6.82. The van der Waals surface area contributed by atoms with Crippen LogP contribution in [0, 0.1) is 0 Å². The molecule has 3 aromatic carbocycles. The van der Waals surface area contributed by atoms with Gasteiger partial charge in [0.25, 0.3) is 5.56 Å². The number of nitrogens with one attached hydrogen (secondary N) is 2. The van der Waals surface area contributed by atoms with E-state index in [-0.39, 0.29) is 17.3 Å². The summed E-state index contributed by atoms with van der Waals surface area (Å²) in [5.74, 6) is 0.200. The predicted molar refractivity (Wildman–Crippen MR) is 138 cm³/mol. The number of urea groups is 1. The smallest absolute Gasteiger partial charge is 0.310 e. The van der Waals surface area contributed by atoms with Crippen LogP contribution in [-0.4, -0.2) is 10.6 Å². The Bertz CT molecular complexity index is 1530. The first-order valence-corrected chi connectivity index (χ1v) is 11.5. The molecule has 0 bridgehead atoms. The lowest BCUT2D eigenvalue weighted by Crippen LogP contribution is -2.28. The molecule has 36 heavy (non-hydrogen) atoms. The Hall–Kier alpha value is -3.78. The zero-order valence-corrected chi connectivity index (χ0v) is 20.5. The van der Waals surface area contributed by atoms with Gasteiger partial charge in [-0.3, -0.25) is 4.79 Å². The zero-order chi connectivity index (χ0) is 26.2. The number of hydrogen-bond donors (Lipinski definition) is 2. The van der Waals surface area contributed by atoms with Crippen LogP contribution in [-0.2, 0) is 13.2 Å². The van der Waals surface area contributed by atoms with Crippen molar-refractivity contribution in [2.45, 2.75) is 25.9 Å². The summed E-state index contributed by atoms with van der Waals surface area (Å²) < 4.78 is 40.7. The highest BCUT2D eigenvalue weighted by molar-refractivity contribution is 6.34. The Balaban J connectivity index is 1.87. The van der Waals surface area contributed by atoms with Crippen molar-refractivity contribution >= 4 is 39.9 Å². The van der Waals surface area contributed by atoms with Gasteiger partial charge in [0.05, 0.1) is 11.1 Å². The van der Waals surface area contributed by atoms with Gasteiger partial charge < -0.3 is 15.2 Å². The largest absolute Gasteiger partial charge is 0.416 e. The Morgan fingerprint density at radius 2 is 1.69 bits per heavy atom. The van der Waals surface area contributed by atoms with Crippen LogP contribution in [0.15, 0.2) is 71.5 Å². The normalized spacial score (nSPS) is 11.7. The molecule has 0 aliphatic heterocycles. The fraction of sp³-hybridized carbons (Fsp3) is 0.185. The van der Waals surface area contributed by atoms with Gasteiger partial charge in [-0.15, -0.1) is 0 Å². The molecule has 0 radical (unpaired) electrons. The highest BCUT2D eigenvalue weighted by Gasteiger charge is 2.30. The second-order valence-electron chi connectivity index (χ2n) is 8.68. The third kappa shape index (κ3) is 4.95. The number of benzene rings is 3. The Morgan fingerprint density at radius 3 is 2.36 bits per heavy atom. The maximum Gasteiger partial charge on any atom is 0.416 e. The van der Waals surface area contributed by atoms with Gasteiger partial charge in [0, 0.05) is 34.3 Å². The molecule has 1 heterocycles. The number of amides is 2. The third-order valence-corrected chi connectivity index (χ3v) is 6.25. The van der Waals surface area contributed by atoms with E-state index in [1.54, 1.807) is 31.3 Å². The van der Waals surface area contributed by atoms with Gasteiger partial charge in [-0.1, -0.05) is 55.8 Å². The van der Waals surface area contributed by atoms with Crippen LogP contribution in [0.5, 0.6) is 0 Å². The SMILES string of the molecule is CC(C)c1ccc2c(c1)c(-c1ccccc1Cl)c(NC(=O)Nc1cccc(C(F)(F)F)c1)c(=O)n2C. The van der Waals surface area contributed by atoms with Gasteiger partial charge in [-0.2, -0.15) is 13.2 Å². The summed E-state index contributed by atoms with van der Waals surface area (Å²) in [6.45, 7) is 4.08. The minimum atomic E-state index is -4.56. The number of carbonyl (C=O) groups is 1. The number of nitrogens with zero attached hydrogens (tertiary/aromatic N) is 1. The Labute approximate surface area is 210 Å². The number of aryl methyl sites for hydroxylation is 1. The molecule has 0 unspecified atom stereocenters. The summed E-state index contributed by atoms with van der Waals surface area (Å²) in [5, 5.41) is 6.04. The van der Waals surface area contributed by atoms with Crippen molar-refractivity contribution in [1.29, 1.82) is 0 Å². The molecule has 0 aliphatic rings. The Morgan fingerprint density at radius 1 is 0.972 bits per heavy atom. The van der Waals surface area contributed by atoms with Crippen LogP contribution >= 0.6 is 11.6 Å². The van der Waals surface area contributed by atoms with Crippen LogP contribution < -0.4 is 16.2 Å². The second kappa shape index (κ2) is 9.70. The van der Waals surface area contributed by atoms with E-state index in [0.717, 1.165) is 17.7 Å². The van der Waals surface area contributed by atoms with E-state index in [1.165, 1.54) is 16.7 Å². The maximum absolute atomic E-state index is 13.4. The topological polar surface area (TPSA) is 63.1 Å². The first kappa shape index (κ1) is 25.3. The lowest BCUT2D eigenvalue weighted by Gasteiger charge is -2.19. The fourth-order valence-electron chi connectivity index (χ4n) is 4.03. The lowest BCUT2D eigenvalue weighted by atomic mass is 9.94. The fourth-order valence-corrected chi connectivity index (χ4v) is 4.26. The molecule has 1 aromatic heterocycles. The average molecular weight is 514 g/mol. The number of hydrogen-bond acceptors (Lipinski definition) is 2. The van der Waals surface area contributed by atoms with Gasteiger partial charge in [0.1, 0.15) is 5.69 Å². The summed E-state index contributed by atoms with van der Waals surface area (Å²) in [6, 6.07) is 16.1. The van der Waals surface area contributed by atoms with Crippen LogP contribution in [0.2, 0.25) is 5.02 Å².